The van der Waals surface area contributed by atoms with Crippen LogP contribution in [-0.4, -0.2) is 28.5 Å². The van der Waals surface area contributed by atoms with Gasteiger partial charge in [-0.3, -0.25) is 9.98 Å². The fourth-order valence-corrected chi connectivity index (χ4v) is 4.35. The second kappa shape index (κ2) is 7.48. The molecular formula is C23H20FN5O2. The molecule has 0 aliphatic carbocycles. The van der Waals surface area contributed by atoms with Gasteiger partial charge in [-0.25, -0.2) is 9.82 Å². The summed E-state index contributed by atoms with van der Waals surface area (Å²) in [5.41, 5.74) is 7.43. The monoisotopic (exact) mass is 417 g/mol. The van der Waals surface area contributed by atoms with Gasteiger partial charge in [-0.05, 0) is 35.4 Å². The van der Waals surface area contributed by atoms with Crippen LogP contribution in [0.4, 0.5) is 20.6 Å². The first-order valence-electron chi connectivity index (χ1n) is 9.97. The SMILES string of the molecule is O=C([O-])N(c1ccc2c(c1)C=NC2)[N+]1(Nc2ccncc2)Cc2ccccc2C(F)C1. The lowest BCUT2D eigenvalue weighted by Crippen LogP contribution is -2.70. The lowest BCUT2D eigenvalue weighted by molar-refractivity contribution is -0.929. The molecule has 2 aliphatic rings. The third kappa shape index (κ3) is 3.40. The highest BCUT2D eigenvalue weighted by molar-refractivity contribution is 5.89. The number of nitrogens with zero attached hydrogens (tertiary/aromatic N) is 4. The maximum atomic E-state index is 15.4. The number of aromatic nitrogens is 1. The van der Waals surface area contributed by atoms with Crippen LogP contribution < -0.4 is 15.5 Å². The van der Waals surface area contributed by atoms with Crippen LogP contribution in [0.25, 0.3) is 0 Å². The minimum Gasteiger partial charge on any atom is -0.526 e. The zero-order valence-electron chi connectivity index (χ0n) is 16.6. The zero-order chi connectivity index (χ0) is 21.4. The van der Waals surface area contributed by atoms with Gasteiger partial charge in [0.15, 0.2) is 25.4 Å². The van der Waals surface area contributed by atoms with Crippen LogP contribution in [0, 0.1) is 0 Å². The molecule has 0 bridgehead atoms. The Morgan fingerprint density at radius 3 is 2.74 bits per heavy atom. The number of rotatable bonds is 4. The van der Waals surface area contributed by atoms with E-state index in [-0.39, 0.29) is 13.1 Å². The fraction of sp³-hybridized carbons (Fsp3) is 0.174. The molecule has 0 radical (unpaired) electrons. The molecule has 7 nitrogen and oxygen atoms in total. The number of anilines is 2. The summed E-state index contributed by atoms with van der Waals surface area (Å²) in [6.07, 6.45) is 2.12. The van der Waals surface area contributed by atoms with Crippen molar-refractivity contribution >= 4 is 23.7 Å². The second-order valence-corrected chi connectivity index (χ2v) is 7.71. The van der Waals surface area contributed by atoms with Crippen molar-refractivity contribution < 1.29 is 19.0 Å². The minimum atomic E-state index is -1.43. The van der Waals surface area contributed by atoms with Crippen molar-refractivity contribution in [3.63, 3.8) is 0 Å². The van der Waals surface area contributed by atoms with Crippen molar-refractivity contribution in [3.8, 4) is 0 Å². The van der Waals surface area contributed by atoms with Crippen LogP contribution in [0.5, 0.6) is 0 Å². The Morgan fingerprint density at radius 1 is 1.13 bits per heavy atom. The molecule has 2 atom stereocenters. The van der Waals surface area contributed by atoms with E-state index < -0.39 is 17.0 Å². The Labute approximate surface area is 178 Å². The van der Waals surface area contributed by atoms with Crippen LogP contribution in [-0.2, 0) is 13.1 Å². The summed E-state index contributed by atoms with van der Waals surface area (Å²) < 4.78 is 15.0. The standard InChI is InChI=1S/C23H20FN5O2/c24-22-15-29(27-19-7-9-25-10-8-19,14-17-3-1-2-4-21(17)22)28(23(30)31)20-6-5-16-12-26-13-18(16)11-20/h1-11,13,22H,12,14-15H2,(H-,25,27,30,31). The highest BCUT2D eigenvalue weighted by Gasteiger charge is 2.46. The molecule has 3 aromatic rings. The molecule has 1 amide bonds. The summed E-state index contributed by atoms with van der Waals surface area (Å²) in [4.78, 5) is 20.8. The number of fused-ring (bicyclic) bond motifs is 2. The number of benzene rings is 2. The molecule has 0 fully saturated rings. The van der Waals surface area contributed by atoms with E-state index in [0.717, 1.165) is 21.7 Å². The Bertz CT molecular complexity index is 1170. The molecule has 156 valence electrons. The number of carbonyl (C=O) groups is 1. The normalized spacial score (nSPS) is 21.3. The highest BCUT2D eigenvalue weighted by Crippen LogP contribution is 2.38. The number of nitrogens with one attached hydrogen (secondary N) is 1. The van der Waals surface area contributed by atoms with Gasteiger partial charge in [0.05, 0.1) is 17.9 Å². The number of carbonyl (C=O) groups excluding carboxylic acids is 1. The average molecular weight is 417 g/mol. The van der Waals surface area contributed by atoms with Crippen molar-refractivity contribution in [3.05, 3.63) is 89.2 Å². The average Bonchev–Trinajstić information content (AvgIpc) is 3.22. The van der Waals surface area contributed by atoms with Crippen molar-refractivity contribution in [2.24, 2.45) is 4.99 Å². The summed E-state index contributed by atoms with van der Waals surface area (Å²) >= 11 is 0. The van der Waals surface area contributed by atoms with Crippen LogP contribution in [0.2, 0.25) is 0 Å². The van der Waals surface area contributed by atoms with E-state index in [2.05, 4.69) is 15.4 Å². The Morgan fingerprint density at radius 2 is 1.94 bits per heavy atom. The predicted molar refractivity (Wildman–Crippen MR) is 113 cm³/mol. The maximum Gasteiger partial charge on any atom is 0.197 e. The number of carboxylic acid groups (broad SMARTS) is 1. The third-order valence-corrected chi connectivity index (χ3v) is 5.73. The number of quaternary nitrogens is 1. The first kappa shape index (κ1) is 19.2. The van der Waals surface area contributed by atoms with E-state index >= 15 is 4.39 Å². The van der Waals surface area contributed by atoms with E-state index in [1.54, 1.807) is 55.0 Å². The topological polar surface area (TPSA) is 80.6 Å². The smallest absolute Gasteiger partial charge is 0.197 e. The van der Waals surface area contributed by atoms with Crippen molar-refractivity contribution in [2.45, 2.75) is 19.3 Å². The molecule has 0 saturated heterocycles. The number of pyridine rings is 1. The summed E-state index contributed by atoms with van der Waals surface area (Å²) in [6.45, 7) is 0.659. The minimum absolute atomic E-state index is 0.126. The van der Waals surface area contributed by atoms with Gasteiger partial charge in [-0.15, -0.1) is 4.70 Å². The summed E-state index contributed by atoms with van der Waals surface area (Å²) in [7, 11) is 0. The van der Waals surface area contributed by atoms with E-state index in [1.165, 1.54) is 0 Å². The molecular weight excluding hydrogens is 397 g/mol. The zero-order valence-corrected chi connectivity index (χ0v) is 16.6. The van der Waals surface area contributed by atoms with Crippen LogP contribution in [0.15, 0.2) is 72.0 Å². The summed E-state index contributed by atoms with van der Waals surface area (Å²) in [5.74, 6) is 0. The van der Waals surface area contributed by atoms with Gasteiger partial charge in [0.1, 0.15) is 0 Å². The van der Waals surface area contributed by atoms with Crippen LogP contribution >= 0.6 is 0 Å². The largest absolute Gasteiger partial charge is 0.526 e. The molecule has 31 heavy (non-hydrogen) atoms. The highest BCUT2D eigenvalue weighted by atomic mass is 19.1. The maximum absolute atomic E-state index is 15.4. The molecule has 1 N–H and O–H groups in total. The summed E-state index contributed by atoms with van der Waals surface area (Å²) in [6, 6.07) is 15.9. The Kier molecular flexibility index (Phi) is 4.63. The van der Waals surface area contributed by atoms with E-state index in [0.29, 0.717) is 23.5 Å². The van der Waals surface area contributed by atoms with Gasteiger partial charge < -0.3 is 9.90 Å². The van der Waals surface area contributed by atoms with Gasteiger partial charge in [-0.1, -0.05) is 30.3 Å². The van der Waals surface area contributed by atoms with Crippen LogP contribution in [0.3, 0.4) is 0 Å². The molecule has 1 aromatic heterocycles. The van der Waals surface area contributed by atoms with Gasteiger partial charge in [0.2, 0.25) is 0 Å². The number of alkyl halides is 1. The van der Waals surface area contributed by atoms with Crippen molar-refractivity contribution in [1.82, 2.24) is 4.98 Å². The van der Waals surface area contributed by atoms with Crippen molar-refractivity contribution in [2.75, 3.05) is 17.0 Å². The third-order valence-electron chi connectivity index (χ3n) is 5.73. The van der Waals surface area contributed by atoms with Crippen LogP contribution in [0.1, 0.15) is 28.4 Å². The molecule has 2 aliphatic heterocycles. The molecule has 2 aromatic carbocycles. The molecule has 2 unspecified atom stereocenters. The van der Waals surface area contributed by atoms with Crippen molar-refractivity contribution in [1.29, 1.82) is 0 Å². The Balaban J connectivity index is 1.65. The number of hydrogen-bond donors (Lipinski definition) is 1. The number of amides is 1. The molecule has 5 rings (SSSR count). The van der Waals surface area contributed by atoms with Gasteiger partial charge in [0, 0.05) is 29.7 Å². The first-order chi connectivity index (χ1) is 15.1. The first-order valence-corrected chi connectivity index (χ1v) is 9.97. The van der Waals surface area contributed by atoms with Gasteiger partial charge in [0.25, 0.3) is 0 Å². The lowest BCUT2D eigenvalue weighted by Gasteiger charge is -2.48. The number of hydrogen-bond acceptors (Lipinski definition) is 5. The molecule has 8 heteroatoms. The Hall–Kier alpha value is -3.78. The number of aliphatic imine (C=N–C) groups is 1. The summed E-state index contributed by atoms with van der Waals surface area (Å²) in [5, 5.41) is 13.6. The quantitative estimate of drug-likeness (QED) is 0.662. The van der Waals surface area contributed by atoms with Gasteiger partial charge >= 0.3 is 0 Å². The molecule has 0 spiro atoms. The lowest BCUT2D eigenvalue weighted by atomic mass is 9.98. The molecule has 3 heterocycles. The van der Waals surface area contributed by atoms with E-state index in [9.17, 15) is 9.90 Å². The fourth-order valence-electron chi connectivity index (χ4n) is 4.35. The predicted octanol–water partition coefficient (Wildman–Crippen LogP) is 3.15. The molecule has 0 saturated carbocycles. The van der Waals surface area contributed by atoms with E-state index in [4.69, 9.17) is 0 Å². The van der Waals surface area contributed by atoms with Gasteiger partial charge in [-0.2, -0.15) is 5.01 Å². The number of halogens is 1. The second-order valence-electron chi connectivity index (χ2n) is 7.71. The van der Waals surface area contributed by atoms with E-state index in [1.807, 2.05) is 18.2 Å².